The molecule has 0 atom stereocenters. The topological polar surface area (TPSA) is 49.7 Å². The Balaban J connectivity index is 0.000000921. The third-order valence-electron chi connectivity index (χ3n) is 1.93. The minimum absolute atomic E-state index is 0.258. The molecule has 0 aromatic heterocycles. The molecule has 0 saturated carbocycles. The predicted molar refractivity (Wildman–Crippen MR) is 60.7 cm³/mol. The van der Waals surface area contributed by atoms with Crippen LogP contribution in [0.3, 0.4) is 0 Å². The van der Waals surface area contributed by atoms with Crippen LogP contribution < -0.4 is 0 Å². The molecule has 0 bridgehead atoms. The molecule has 0 saturated heterocycles. The fourth-order valence-corrected chi connectivity index (χ4v) is 1.32. The highest BCUT2D eigenvalue weighted by Crippen LogP contribution is 2.08. The number of aliphatic hydroxyl groups excluding tert-OH is 2. The number of aryl methyl sites for hydroxylation is 1. The van der Waals surface area contributed by atoms with Crippen molar-refractivity contribution in [1.82, 2.24) is 0 Å². The molecule has 15 heavy (non-hydrogen) atoms. The van der Waals surface area contributed by atoms with E-state index in [-0.39, 0.29) is 6.61 Å². The number of hydrogen-bond donors (Lipinski definition) is 2. The fraction of sp³-hybridized carbons (Fsp3) is 0.500. The van der Waals surface area contributed by atoms with Gasteiger partial charge < -0.3 is 14.9 Å². The molecule has 0 aliphatic carbocycles. The number of ether oxygens (including phenoxy) is 1. The van der Waals surface area contributed by atoms with Crippen LogP contribution >= 0.6 is 0 Å². The Bertz CT molecular complexity index is 248. The van der Waals surface area contributed by atoms with Crippen molar-refractivity contribution in [2.45, 2.75) is 19.4 Å². The number of benzene rings is 1. The zero-order chi connectivity index (χ0) is 11.5. The third-order valence-corrected chi connectivity index (χ3v) is 1.93. The maximum atomic E-state index is 8.68. The summed E-state index contributed by atoms with van der Waals surface area (Å²) in [4.78, 5) is 0. The first kappa shape index (κ1) is 14.1. The van der Waals surface area contributed by atoms with Gasteiger partial charge in [-0.15, -0.1) is 0 Å². The van der Waals surface area contributed by atoms with E-state index in [4.69, 9.17) is 14.9 Å². The molecule has 0 heterocycles. The second-order valence-electron chi connectivity index (χ2n) is 3.08. The molecule has 0 fully saturated rings. The Kier molecular flexibility index (Phi) is 9.07. The van der Waals surface area contributed by atoms with Crippen molar-refractivity contribution in [2.75, 3.05) is 20.8 Å². The Morgan fingerprint density at radius 3 is 2.47 bits per heavy atom. The first-order valence-corrected chi connectivity index (χ1v) is 4.99. The van der Waals surface area contributed by atoms with Crippen molar-refractivity contribution in [3.63, 3.8) is 0 Å². The Morgan fingerprint density at radius 2 is 1.87 bits per heavy atom. The zero-order valence-electron chi connectivity index (χ0n) is 9.44. The quantitative estimate of drug-likeness (QED) is 0.775. The summed E-state index contributed by atoms with van der Waals surface area (Å²) in [6.07, 6.45) is 1.77. The van der Waals surface area contributed by atoms with E-state index in [0.29, 0.717) is 6.61 Å². The molecule has 0 radical (unpaired) electrons. The highest BCUT2D eigenvalue weighted by molar-refractivity contribution is 5.23. The summed E-state index contributed by atoms with van der Waals surface area (Å²) in [7, 11) is 2.69. The lowest BCUT2D eigenvalue weighted by molar-refractivity contribution is 0.185. The van der Waals surface area contributed by atoms with Crippen LogP contribution in [0.1, 0.15) is 17.5 Å². The molecule has 0 unspecified atom stereocenters. The molecule has 3 heteroatoms. The second kappa shape index (κ2) is 9.65. The SMILES string of the molecule is CO.COCc1cccc(CCCO)c1. The largest absolute Gasteiger partial charge is 0.400 e. The fourth-order valence-electron chi connectivity index (χ4n) is 1.32. The van der Waals surface area contributed by atoms with Gasteiger partial charge in [-0.1, -0.05) is 24.3 Å². The first-order chi connectivity index (χ1) is 7.36. The lowest BCUT2D eigenvalue weighted by atomic mass is 10.1. The summed E-state index contributed by atoms with van der Waals surface area (Å²) in [6, 6.07) is 8.28. The predicted octanol–water partition coefficient (Wildman–Crippen LogP) is 1.37. The van der Waals surface area contributed by atoms with Crippen LogP contribution in [-0.2, 0) is 17.8 Å². The Hall–Kier alpha value is -0.900. The Morgan fingerprint density at radius 1 is 1.20 bits per heavy atom. The monoisotopic (exact) mass is 212 g/mol. The van der Waals surface area contributed by atoms with Gasteiger partial charge in [0, 0.05) is 20.8 Å². The molecule has 0 spiro atoms. The maximum absolute atomic E-state index is 8.68. The summed E-state index contributed by atoms with van der Waals surface area (Å²) < 4.78 is 5.04. The van der Waals surface area contributed by atoms with Crippen LogP contribution in [0.25, 0.3) is 0 Å². The molecule has 86 valence electrons. The zero-order valence-corrected chi connectivity index (χ0v) is 9.44. The molecule has 2 N–H and O–H groups in total. The molecule has 1 rings (SSSR count). The minimum Gasteiger partial charge on any atom is -0.400 e. The maximum Gasteiger partial charge on any atom is 0.0713 e. The summed E-state index contributed by atoms with van der Waals surface area (Å²) >= 11 is 0. The minimum atomic E-state index is 0.258. The average molecular weight is 212 g/mol. The van der Waals surface area contributed by atoms with E-state index < -0.39 is 0 Å². The van der Waals surface area contributed by atoms with Crippen LogP contribution in [0.15, 0.2) is 24.3 Å². The van der Waals surface area contributed by atoms with Gasteiger partial charge in [0.05, 0.1) is 6.61 Å². The van der Waals surface area contributed by atoms with Crippen molar-refractivity contribution in [3.05, 3.63) is 35.4 Å². The smallest absolute Gasteiger partial charge is 0.0713 e. The van der Waals surface area contributed by atoms with Crippen molar-refractivity contribution in [3.8, 4) is 0 Å². The standard InChI is InChI=1S/C11H16O2.CH4O/c1-13-9-11-5-2-4-10(8-11)6-3-7-12;1-2/h2,4-5,8,12H,3,6-7,9H2,1H3;2H,1H3. The van der Waals surface area contributed by atoms with Crippen LogP contribution in [-0.4, -0.2) is 31.0 Å². The molecule has 3 nitrogen and oxygen atoms in total. The number of rotatable bonds is 5. The van der Waals surface area contributed by atoms with Gasteiger partial charge in [-0.2, -0.15) is 0 Å². The lowest BCUT2D eigenvalue weighted by Gasteiger charge is -2.03. The van der Waals surface area contributed by atoms with E-state index in [1.807, 2.05) is 12.1 Å². The van der Waals surface area contributed by atoms with Crippen LogP contribution in [0.4, 0.5) is 0 Å². The highest BCUT2D eigenvalue weighted by atomic mass is 16.5. The van der Waals surface area contributed by atoms with Gasteiger partial charge in [-0.3, -0.25) is 0 Å². The van der Waals surface area contributed by atoms with Gasteiger partial charge in [0.25, 0.3) is 0 Å². The van der Waals surface area contributed by atoms with Gasteiger partial charge in [0.15, 0.2) is 0 Å². The lowest BCUT2D eigenvalue weighted by Crippen LogP contribution is -1.92. The summed E-state index contributed by atoms with van der Waals surface area (Å²) in [5.74, 6) is 0. The molecular weight excluding hydrogens is 192 g/mol. The second-order valence-corrected chi connectivity index (χ2v) is 3.08. The van der Waals surface area contributed by atoms with Crippen molar-refractivity contribution < 1.29 is 14.9 Å². The van der Waals surface area contributed by atoms with Crippen molar-refractivity contribution in [2.24, 2.45) is 0 Å². The van der Waals surface area contributed by atoms with Crippen LogP contribution in [0.5, 0.6) is 0 Å². The number of methoxy groups -OCH3 is 1. The van der Waals surface area contributed by atoms with E-state index >= 15 is 0 Å². The van der Waals surface area contributed by atoms with E-state index in [0.717, 1.165) is 20.0 Å². The van der Waals surface area contributed by atoms with E-state index in [2.05, 4.69) is 12.1 Å². The summed E-state index contributed by atoms with van der Waals surface area (Å²) in [5, 5.41) is 15.7. The molecule has 1 aromatic carbocycles. The number of hydrogen-bond acceptors (Lipinski definition) is 3. The van der Waals surface area contributed by atoms with Crippen LogP contribution in [0, 0.1) is 0 Å². The van der Waals surface area contributed by atoms with Gasteiger partial charge in [0.2, 0.25) is 0 Å². The average Bonchev–Trinajstić information content (AvgIpc) is 2.30. The molecule has 0 aliphatic rings. The summed E-state index contributed by atoms with van der Waals surface area (Å²) in [6.45, 7) is 0.918. The van der Waals surface area contributed by atoms with Gasteiger partial charge in [0.1, 0.15) is 0 Å². The van der Waals surface area contributed by atoms with E-state index in [1.54, 1.807) is 7.11 Å². The molecule has 0 amide bonds. The van der Waals surface area contributed by atoms with E-state index in [9.17, 15) is 0 Å². The number of aliphatic hydroxyl groups is 2. The third kappa shape index (κ3) is 6.23. The molecule has 0 aliphatic heterocycles. The summed E-state index contributed by atoms with van der Waals surface area (Å²) in [5.41, 5.74) is 2.46. The normalized spacial score (nSPS) is 9.33. The Labute approximate surface area is 91.3 Å². The van der Waals surface area contributed by atoms with E-state index in [1.165, 1.54) is 11.1 Å². The van der Waals surface area contributed by atoms with Crippen LogP contribution in [0.2, 0.25) is 0 Å². The molecule has 1 aromatic rings. The first-order valence-electron chi connectivity index (χ1n) is 4.99. The van der Waals surface area contributed by atoms with Crippen molar-refractivity contribution in [1.29, 1.82) is 0 Å². The van der Waals surface area contributed by atoms with Gasteiger partial charge in [-0.05, 0) is 24.0 Å². The van der Waals surface area contributed by atoms with Crippen molar-refractivity contribution >= 4 is 0 Å². The van der Waals surface area contributed by atoms with Gasteiger partial charge in [-0.25, -0.2) is 0 Å². The van der Waals surface area contributed by atoms with Gasteiger partial charge >= 0.3 is 0 Å². The highest BCUT2D eigenvalue weighted by Gasteiger charge is 1.95. The molecular formula is C12H20O3.